The highest BCUT2D eigenvalue weighted by atomic mass is 35.5. The third kappa shape index (κ3) is 5.12. The molecule has 4 rings (SSSR count). The Hall–Kier alpha value is -2.47. The molecule has 0 saturated carbocycles. The number of nitrogens with zero attached hydrogens (tertiary/aromatic N) is 1. The second-order valence-corrected chi connectivity index (χ2v) is 9.01. The molecule has 0 spiro atoms. The Balaban J connectivity index is 1.47. The number of carbonyl (C=O) groups excluding carboxylic acids is 1. The molecule has 3 nitrogen and oxygen atoms in total. The van der Waals surface area contributed by atoms with Crippen LogP contribution in [0.1, 0.15) is 11.1 Å². The van der Waals surface area contributed by atoms with E-state index in [-0.39, 0.29) is 5.91 Å². The number of aliphatic imine (C=N–C) groups is 1. The molecule has 144 valence electrons. The van der Waals surface area contributed by atoms with Gasteiger partial charge in [0.15, 0.2) is 5.17 Å². The lowest BCUT2D eigenvalue weighted by Gasteiger charge is -2.03. The average Bonchev–Trinajstić information content (AvgIpc) is 3.06. The smallest absolute Gasteiger partial charge is 0.264 e. The predicted octanol–water partition coefficient (Wildman–Crippen LogP) is 6.69. The van der Waals surface area contributed by atoms with E-state index in [4.69, 9.17) is 11.6 Å². The maximum absolute atomic E-state index is 12.3. The molecule has 1 N–H and O–H groups in total. The standard InChI is InChI=1S/C23H17ClN2OS2/c1-15-4-2-3-5-20(15)25-23-26-22(27)21(29-23)14-16-6-10-18(11-7-16)28-19-12-8-17(24)9-13-19/h2-14H,1H3,(H,25,26,27)/b21-14-. The highest BCUT2D eigenvalue weighted by Gasteiger charge is 2.23. The Kier molecular flexibility index (Phi) is 6.09. The third-order valence-corrected chi connectivity index (χ3v) is 6.39. The van der Waals surface area contributed by atoms with Crippen molar-refractivity contribution in [1.29, 1.82) is 0 Å². The molecule has 0 bridgehead atoms. The van der Waals surface area contributed by atoms with Gasteiger partial charge in [0.25, 0.3) is 5.91 Å². The van der Waals surface area contributed by atoms with Gasteiger partial charge in [-0.3, -0.25) is 4.79 Å². The van der Waals surface area contributed by atoms with Crippen LogP contribution in [0.25, 0.3) is 6.08 Å². The highest BCUT2D eigenvalue weighted by Crippen LogP contribution is 2.31. The number of carbonyl (C=O) groups is 1. The lowest BCUT2D eigenvalue weighted by atomic mass is 10.2. The van der Waals surface area contributed by atoms with Crippen LogP contribution in [0.15, 0.2) is 92.5 Å². The molecule has 0 atom stereocenters. The summed E-state index contributed by atoms with van der Waals surface area (Å²) in [5, 5.41) is 4.17. The van der Waals surface area contributed by atoms with Gasteiger partial charge in [-0.15, -0.1) is 0 Å². The van der Waals surface area contributed by atoms with Gasteiger partial charge < -0.3 is 5.32 Å². The minimum absolute atomic E-state index is 0.123. The minimum Gasteiger partial charge on any atom is -0.300 e. The number of rotatable bonds is 4. The summed E-state index contributed by atoms with van der Waals surface area (Å²) in [5.41, 5.74) is 2.90. The quantitative estimate of drug-likeness (QED) is 0.463. The number of para-hydroxylation sites is 1. The van der Waals surface area contributed by atoms with Crippen molar-refractivity contribution in [2.75, 3.05) is 0 Å². The van der Waals surface area contributed by atoms with Crippen LogP contribution in [0.2, 0.25) is 5.02 Å². The molecule has 0 radical (unpaired) electrons. The largest absolute Gasteiger partial charge is 0.300 e. The molecule has 1 aliphatic rings. The summed E-state index contributed by atoms with van der Waals surface area (Å²) >= 11 is 8.96. The first-order valence-electron chi connectivity index (χ1n) is 8.95. The van der Waals surface area contributed by atoms with Crippen LogP contribution >= 0.6 is 35.1 Å². The highest BCUT2D eigenvalue weighted by molar-refractivity contribution is 8.18. The van der Waals surface area contributed by atoms with E-state index in [2.05, 4.69) is 10.3 Å². The van der Waals surface area contributed by atoms with Crippen molar-refractivity contribution in [2.45, 2.75) is 16.7 Å². The van der Waals surface area contributed by atoms with E-state index >= 15 is 0 Å². The number of thioether (sulfide) groups is 1. The molecule has 1 heterocycles. The Bertz CT molecular complexity index is 1110. The van der Waals surface area contributed by atoms with Crippen LogP contribution in [0, 0.1) is 6.92 Å². The molecule has 0 unspecified atom stereocenters. The second-order valence-electron chi connectivity index (χ2n) is 6.39. The summed E-state index contributed by atoms with van der Waals surface area (Å²) in [6.07, 6.45) is 1.89. The summed E-state index contributed by atoms with van der Waals surface area (Å²) in [5.74, 6) is -0.123. The first-order valence-corrected chi connectivity index (χ1v) is 11.0. The Morgan fingerprint density at radius 2 is 1.62 bits per heavy atom. The topological polar surface area (TPSA) is 41.5 Å². The van der Waals surface area contributed by atoms with E-state index in [0.29, 0.717) is 10.1 Å². The lowest BCUT2D eigenvalue weighted by molar-refractivity contribution is -0.115. The molecular weight excluding hydrogens is 420 g/mol. The fourth-order valence-corrected chi connectivity index (χ4v) is 4.48. The molecular formula is C23H17ClN2OS2. The van der Waals surface area contributed by atoms with Crippen LogP contribution in [0.5, 0.6) is 0 Å². The third-order valence-electron chi connectivity index (χ3n) is 4.22. The van der Waals surface area contributed by atoms with Crippen LogP contribution in [0.3, 0.4) is 0 Å². The van der Waals surface area contributed by atoms with Crippen molar-refractivity contribution in [3.63, 3.8) is 0 Å². The number of aryl methyl sites for hydroxylation is 1. The van der Waals surface area contributed by atoms with Gasteiger partial charge in [0.05, 0.1) is 10.6 Å². The van der Waals surface area contributed by atoms with E-state index in [9.17, 15) is 4.79 Å². The maximum Gasteiger partial charge on any atom is 0.264 e. The van der Waals surface area contributed by atoms with Crippen LogP contribution in [-0.4, -0.2) is 11.1 Å². The van der Waals surface area contributed by atoms with E-state index < -0.39 is 0 Å². The van der Waals surface area contributed by atoms with Crippen molar-refractivity contribution in [1.82, 2.24) is 5.32 Å². The number of nitrogens with one attached hydrogen (secondary N) is 1. The van der Waals surface area contributed by atoms with Crippen LogP contribution in [-0.2, 0) is 4.79 Å². The van der Waals surface area contributed by atoms with Crippen molar-refractivity contribution in [3.8, 4) is 0 Å². The monoisotopic (exact) mass is 436 g/mol. The first kappa shape index (κ1) is 19.8. The molecule has 1 amide bonds. The van der Waals surface area contributed by atoms with Gasteiger partial charge in [0.1, 0.15) is 0 Å². The van der Waals surface area contributed by atoms with E-state index in [1.165, 1.54) is 11.8 Å². The Labute approximate surface area is 183 Å². The van der Waals surface area contributed by atoms with Crippen molar-refractivity contribution < 1.29 is 4.79 Å². The van der Waals surface area contributed by atoms with Gasteiger partial charge in [-0.25, -0.2) is 4.99 Å². The number of amidine groups is 1. The fraction of sp³-hybridized carbons (Fsp3) is 0.0435. The zero-order chi connectivity index (χ0) is 20.2. The molecule has 29 heavy (non-hydrogen) atoms. The molecule has 6 heteroatoms. The molecule has 3 aromatic carbocycles. The molecule has 0 aromatic heterocycles. The van der Waals surface area contributed by atoms with Gasteiger partial charge in [-0.05, 0) is 78.4 Å². The number of benzene rings is 3. The Morgan fingerprint density at radius 1 is 0.966 bits per heavy atom. The second kappa shape index (κ2) is 8.91. The zero-order valence-corrected chi connectivity index (χ0v) is 17.9. The summed E-state index contributed by atoms with van der Waals surface area (Å²) in [4.78, 5) is 19.8. The van der Waals surface area contributed by atoms with E-state index in [1.54, 1.807) is 11.8 Å². The lowest BCUT2D eigenvalue weighted by Crippen LogP contribution is -2.19. The van der Waals surface area contributed by atoms with Crippen molar-refractivity contribution >= 4 is 58.0 Å². The van der Waals surface area contributed by atoms with Crippen LogP contribution < -0.4 is 5.32 Å². The fourth-order valence-electron chi connectivity index (χ4n) is 2.70. The number of amides is 1. The van der Waals surface area contributed by atoms with Crippen LogP contribution in [0.4, 0.5) is 5.69 Å². The summed E-state index contributed by atoms with van der Waals surface area (Å²) in [7, 11) is 0. The summed E-state index contributed by atoms with van der Waals surface area (Å²) in [6.45, 7) is 2.00. The summed E-state index contributed by atoms with van der Waals surface area (Å²) < 4.78 is 0. The average molecular weight is 437 g/mol. The molecule has 0 aliphatic carbocycles. The zero-order valence-electron chi connectivity index (χ0n) is 15.6. The summed E-state index contributed by atoms with van der Waals surface area (Å²) in [6, 6.07) is 23.7. The Morgan fingerprint density at radius 3 is 2.31 bits per heavy atom. The SMILES string of the molecule is Cc1ccccc1N=C1NC(=O)/C(=C/c2ccc(Sc3ccc(Cl)cc3)cc2)S1. The predicted molar refractivity (Wildman–Crippen MR) is 124 cm³/mol. The normalized spacial score (nSPS) is 16.4. The molecule has 1 fully saturated rings. The number of hydrogen-bond acceptors (Lipinski definition) is 4. The van der Waals surface area contributed by atoms with Gasteiger partial charge >= 0.3 is 0 Å². The molecule has 3 aromatic rings. The van der Waals surface area contributed by atoms with Crippen molar-refractivity contribution in [2.24, 2.45) is 4.99 Å². The van der Waals surface area contributed by atoms with E-state index in [1.807, 2.05) is 85.8 Å². The maximum atomic E-state index is 12.3. The number of hydrogen-bond donors (Lipinski definition) is 1. The van der Waals surface area contributed by atoms with Gasteiger partial charge in [-0.2, -0.15) is 0 Å². The van der Waals surface area contributed by atoms with Gasteiger partial charge in [0.2, 0.25) is 0 Å². The molecule has 1 saturated heterocycles. The van der Waals surface area contributed by atoms with Gasteiger partial charge in [0, 0.05) is 14.8 Å². The van der Waals surface area contributed by atoms with E-state index in [0.717, 1.165) is 31.6 Å². The first-order chi connectivity index (χ1) is 14.1. The van der Waals surface area contributed by atoms with Gasteiger partial charge in [-0.1, -0.05) is 53.7 Å². The minimum atomic E-state index is -0.123. The number of halogens is 1. The van der Waals surface area contributed by atoms with Crippen molar-refractivity contribution in [3.05, 3.63) is 93.9 Å². The molecule has 1 aliphatic heterocycles.